The molecule has 27 heavy (non-hydrogen) atoms. The van der Waals surface area contributed by atoms with E-state index < -0.39 is 4.92 Å². The molecule has 3 rings (SSSR count). The van der Waals surface area contributed by atoms with E-state index in [0.717, 1.165) is 5.56 Å². The third kappa shape index (κ3) is 4.27. The Hall–Kier alpha value is -2.89. The standard InChI is InChI=1S/C20H13Cl2NO4/c1-12-2-3-13(11-18(12)23(25)26)19(24)8-5-15-6-9-20(27-15)14-4-7-16(21)17(22)10-14/h2-11H,1H3/b8-5+. The number of aryl methyl sites for hydroxylation is 1. The number of allylic oxidation sites excluding steroid dienone is 1. The summed E-state index contributed by atoms with van der Waals surface area (Å²) in [6, 6.07) is 13.0. The average Bonchev–Trinajstić information content (AvgIpc) is 3.11. The Kier molecular flexibility index (Phi) is 5.44. The maximum Gasteiger partial charge on any atom is 0.273 e. The molecule has 0 spiro atoms. The van der Waals surface area contributed by atoms with Gasteiger partial charge in [-0.2, -0.15) is 0 Å². The summed E-state index contributed by atoms with van der Waals surface area (Å²) in [6.45, 7) is 1.62. The van der Waals surface area contributed by atoms with Crippen molar-refractivity contribution < 1.29 is 14.1 Å². The van der Waals surface area contributed by atoms with Crippen LogP contribution in [0, 0.1) is 17.0 Å². The fraction of sp³-hybridized carbons (Fsp3) is 0.0500. The van der Waals surface area contributed by atoms with E-state index in [2.05, 4.69) is 0 Å². The third-order valence-corrected chi connectivity index (χ3v) is 4.66. The van der Waals surface area contributed by atoms with Gasteiger partial charge < -0.3 is 4.42 Å². The number of furan rings is 1. The van der Waals surface area contributed by atoms with Crippen LogP contribution >= 0.6 is 23.2 Å². The molecule has 0 unspecified atom stereocenters. The first kappa shape index (κ1) is 18.9. The zero-order chi connectivity index (χ0) is 19.6. The van der Waals surface area contributed by atoms with Crippen molar-refractivity contribution in [3.8, 4) is 11.3 Å². The van der Waals surface area contributed by atoms with Crippen molar-refractivity contribution in [1.29, 1.82) is 0 Å². The summed E-state index contributed by atoms with van der Waals surface area (Å²) in [5.74, 6) is 0.684. The first-order valence-electron chi connectivity index (χ1n) is 7.88. The SMILES string of the molecule is Cc1ccc(C(=O)/C=C/c2ccc(-c3ccc(Cl)c(Cl)c3)o2)cc1[N+](=O)[O-]. The van der Waals surface area contributed by atoms with Gasteiger partial charge in [-0.05, 0) is 49.4 Å². The highest BCUT2D eigenvalue weighted by Gasteiger charge is 2.14. The molecular formula is C20H13Cl2NO4. The molecule has 136 valence electrons. The predicted molar refractivity (Wildman–Crippen MR) is 105 cm³/mol. The number of hydrogen-bond donors (Lipinski definition) is 0. The molecule has 5 nitrogen and oxygen atoms in total. The highest BCUT2D eigenvalue weighted by molar-refractivity contribution is 6.42. The Balaban J connectivity index is 1.79. The van der Waals surface area contributed by atoms with Crippen LogP contribution in [0.3, 0.4) is 0 Å². The van der Waals surface area contributed by atoms with Gasteiger partial charge in [-0.25, -0.2) is 0 Å². The van der Waals surface area contributed by atoms with Crippen LogP contribution in [-0.4, -0.2) is 10.7 Å². The smallest absolute Gasteiger partial charge is 0.273 e. The molecular weight excluding hydrogens is 389 g/mol. The molecule has 0 amide bonds. The van der Waals surface area contributed by atoms with E-state index in [9.17, 15) is 14.9 Å². The van der Waals surface area contributed by atoms with E-state index in [1.165, 1.54) is 18.2 Å². The summed E-state index contributed by atoms with van der Waals surface area (Å²) >= 11 is 11.9. The van der Waals surface area contributed by atoms with Crippen LogP contribution < -0.4 is 0 Å². The largest absolute Gasteiger partial charge is 0.457 e. The summed E-state index contributed by atoms with van der Waals surface area (Å²) in [5, 5.41) is 11.9. The molecule has 1 aromatic heterocycles. The Morgan fingerprint density at radius 1 is 1.07 bits per heavy atom. The zero-order valence-corrected chi connectivity index (χ0v) is 15.6. The Morgan fingerprint density at radius 3 is 2.56 bits per heavy atom. The molecule has 0 saturated carbocycles. The molecule has 1 heterocycles. The maximum atomic E-state index is 12.3. The van der Waals surface area contributed by atoms with Crippen LogP contribution in [0.15, 0.2) is 59.0 Å². The summed E-state index contributed by atoms with van der Waals surface area (Å²) in [5.41, 5.74) is 1.40. The quantitative estimate of drug-likeness (QED) is 0.215. The molecule has 0 saturated heterocycles. The average molecular weight is 402 g/mol. The van der Waals surface area contributed by atoms with Gasteiger partial charge >= 0.3 is 0 Å². The van der Waals surface area contributed by atoms with E-state index in [4.69, 9.17) is 27.6 Å². The minimum absolute atomic E-state index is 0.0887. The monoisotopic (exact) mass is 401 g/mol. The molecule has 0 N–H and O–H groups in total. The number of carbonyl (C=O) groups excluding carboxylic acids is 1. The number of carbonyl (C=O) groups is 1. The first-order chi connectivity index (χ1) is 12.8. The van der Waals surface area contributed by atoms with Gasteiger partial charge in [-0.15, -0.1) is 0 Å². The fourth-order valence-corrected chi connectivity index (χ4v) is 2.76. The highest BCUT2D eigenvalue weighted by Crippen LogP contribution is 2.30. The van der Waals surface area contributed by atoms with Crippen LogP contribution in [0.1, 0.15) is 21.7 Å². The van der Waals surface area contributed by atoms with Crippen molar-refractivity contribution in [2.45, 2.75) is 6.92 Å². The van der Waals surface area contributed by atoms with Gasteiger partial charge in [-0.3, -0.25) is 14.9 Å². The van der Waals surface area contributed by atoms with Crippen molar-refractivity contribution in [2.24, 2.45) is 0 Å². The van der Waals surface area contributed by atoms with E-state index >= 15 is 0 Å². The number of halogens is 2. The molecule has 0 aliphatic carbocycles. The van der Waals surface area contributed by atoms with Crippen LogP contribution in [0.4, 0.5) is 5.69 Å². The molecule has 0 radical (unpaired) electrons. The summed E-state index contributed by atoms with van der Waals surface area (Å²) < 4.78 is 5.68. The lowest BCUT2D eigenvalue weighted by atomic mass is 10.1. The van der Waals surface area contributed by atoms with E-state index in [0.29, 0.717) is 27.1 Å². The lowest BCUT2D eigenvalue weighted by molar-refractivity contribution is -0.385. The van der Waals surface area contributed by atoms with Crippen molar-refractivity contribution in [3.05, 3.63) is 91.7 Å². The minimum Gasteiger partial charge on any atom is -0.457 e. The maximum absolute atomic E-state index is 12.3. The topological polar surface area (TPSA) is 73.3 Å². The van der Waals surface area contributed by atoms with E-state index in [1.54, 1.807) is 49.4 Å². The van der Waals surface area contributed by atoms with Crippen molar-refractivity contribution in [1.82, 2.24) is 0 Å². The summed E-state index contributed by atoms with van der Waals surface area (Å²) in [6.07, 6.45) is 2.82. The normalized spacial score (nSPS) is 11.1. The highest BCUT2D eigenvalue weighted by atomic mass is 35.5. The number of hydrogen-bond acceptors (Lipinski definition) is 4. The summed E-state index contributed by atoms with van der Waals surface area (Å²) in [7, 11) is 0. The molecule has 0 aliphatic rings. The minimum atomic E-state index is -0.508. The number of benzene rings is 2. The van der Waals surface area contributed by atoms with Gasteiger partial charge in [-0.1, -0.05) is 35.3 Å². The van der Waals surface area contributed by atoms with Gasteiger partial charge in [0.25, 0.3) is 5.69 Å². The second-order valence-corrected chi connectivity index (χ2v) is 6.60. The molecule has 0 atom stereocenters. The van der Waals surface area contributed by atoms with Crippen LogP contribution in [0.2, 0.25) is 10.0 Å². The lowest BCUT2D eigenvalue weighted by Gasteiger charge is -2.00. The number of ketones is 1. The van der Waals surface area contributed by atoms with Crippen molar-refractivity contribution >= 4 is 40.7 Å². The van der Waals surface area contributed by atoms with E-state index in [1.807, 2.05) is 0 Å². The van der Waals surface area contributed by atoms with Crippen LogP contribution in [0.5, 0.6) is 0 Å². The van der Waals surface area contributed by atoms with Gasteiger partial charge in [0.15, 0.2) is 5.78 Å². The molecule has 2 aromatic carbocycles. The molecule has 3 aromatic rings. The predicted octanol–water partition coefficient (Wildman–Crippen LogP) is 6.37. The third-order valence-electron chi connectivity index (χ3n) is 3.92. The Labute approximate surface area is 165 Å². The van der Waals surface area contributed by atoms with E-state index in [-0.39, 0.29) is 17.0 Å². The van der Waals surface area contributed by atoms with Gasteiger partial charge in [0, 0.05) is 22.8 Å². The fourth-order valence-electron chi connectivity index (χ4n) is 2.46. The Bertz CT molecular complexity index is 1070. The molecule has 0 aliphatic heterocycles. The van der Waals surface area contributed by atoms with Gasteiger partial charge in [0.05, 0.1) is 15.0 Å². The van der Waals surface area contributed by atoms with Crippen LogP contribution in [-0.2, 0) is 0 Å². The number of rotatable bonds is 5. The Morgan fingerprint density at radius 2 is 1.85 bits per heavy atom. The van der Waals surface area contributed by atoms with Crippen molar-refractivity contribution in [2.75, 3.05) is 0 Å². The summed E-state index contributed by atoms with van der Waals surface area (Å²) in [4.78, 5) is 22.8. The molecule has 0 bridgehead atoms. The van der Waals surface area contributed by atoms with Crippen LogP contribution in [0.25, 0.3) is 17.4 Å². The first-order valence-corrected chi connectivity index (χ1v) is 8.63. The van der Waals surface area contributed by atoms with Gasteiger partial charge in [0.1, 0.15) is 11.5 Å². The second-order valence-electron chi connectivity index (χ2n) is 5.79. The number of nitrogens with zero attached hydrogens (tertiary/aromatic N) is 1. The number of nitro groups is 1. The molecule has 7 heteroatoms. The second kappa shape index (κ2) is 7.78. The molecule has 0 fully saturated rings. The zero-order valence-electron chi connectivity index (χ0n) is 14.1. The van der Waals surface area contributed by atoms with Gasteiger partial charge in [0.2, 0.25) is 0 Å². The van der Waals surface area contributed by atoms with Crippen molar-refractivity contribution in [3.63, 3.8) is 0 Å². The number of nitro benzene ring substituents is 1. The lowest BCUT2D eigenvalue weighted by Crippen LogP contribution is -1.98.